The molecular formula is C39H46N2O6. The van der Waals surface area contributed by atoms with Crippen molar-refractivity contribution in [2.24, 2.45) is 0 Å². The molecule has 6 rings (SSSR count). The zero-order chi connectivity index (χ0) is 33.1. The van der Waals surface area contributed by atoms with Gasteiger partial charge in [-0.15, -0.1) is 0 Å². The number of phenolic OH excluding ortho intramolecular Hbond substituents is 1. The van der Waals surface area contributed by atoms with Crippen LogP contribution in [0.1, 0.15) is 46.3 Å². The summed E-state index contributed by atoms with van der Waals surface area (Å²) >= 11 is 0. The smallest absolute Gasteiger partial charge is 0.204 e. The summed E-state index contributed by atoms with van der Waals surface area (Å²) in [6.07, 6.45) is 4.33. The Kier molecular flexibility index (Phi) is 9.80. The Morgan fingerprint density at radius 3 is 2.06 bits per heavy atom. The third-order valence-electron chi connectivity index (χ3n) is 9.56. The van der Waals surface area contributed by atoms with Crippen molar-refractivity contribution in [2.45, 2.75) is 45.1 Å². The van der Waals surface area contributed by atoms with Crippen LogP contribution in [-0.2, 0) is 32.1 Å². The zero-order valence-corrected chi connectivity index (χ0v) is 28.4. The molecule has 1 atom stereocenters. The quantitative estimate of drug-likeness (QED) is 0.193. The summed E-state index contributed by atoms with van der Waals surface area (Å²) < 4.78 is 30.8. The van der Waals surface area contributed by atoms with E-state index in [0.29, 0.717) is 46.7 Å². The molecule has 248 valence electrons. The number of rotatable bonds is 10. The second kappa shape index (κ2) is 14.2. The highest BCUT2D eigenvalue weighted by molar-refractivity contribution is 5.63. The van der Waals surface area contributed by atoms with Crippen LogP contribution in [0.25, 0.3) is 0 Å². The topological polar surface area (TPSA) is 72.9 Å². The lowest BCUT2D eigenvalue weighted by Gasteiger charge is -2.37. The second-order valence-corrected chi connectivity index (χ2v) is 12.5. The Morgan fingerprint density at radius 1 is 0.681 bits per heavy atom. The minimum Gasteiger partial charge on any atom is -0.504 e. The normalized spacial score (nSPS) is 16.5. The van der Waals surface area contributed by atoms with Crippen LogP contribution in [0, 0.1) is 0 Å². The first-order valence-corrected chi connectivity index (χ1v) is 16.4. The number of phenols is 1. The van der Waals surface area contributed by atoms with E-state index in [1.807, 2.05) is 30.3 Å². The van der Waals surface area contributed by atoms with Crippen LogP contribution in [0.5, 0.6) is 46.0 Å². The Morgan fingerprint density at radius 2 is 1.38 bits per heavy atom. The molecule has 0 bridgehead atoms. The van der Waals surface area contributed by atoms with Gasteiger partial charge >= 0.3 is 0 Å². The molecule has 0 unspecified atom stereocenters. The number of hydrogen-bond donors (Lipinski definition) is 1. The van der Waals surface area contributed by atoms with Crippen LogP contribution in [0.15, 0.2) is 60.7 Å². The van der Waals surface area contributed by atoms with E-state index in [-0.39, 0.29) is 11.8 Å². The molecule has 0 aliphatic carbocycles. The van der Waals surface area contributed by atoms with Gasteiger partial charge in [-0.3, -0.25) is 4.90 Å². The number of methoxy groups -OCH3 is 3. The average molecular weight is 639 g/mol. The molecule has 8 nitrogen and oxygen atoms in total. The molecule has 0 fully saturated rings. The predicted octanol–water partition coefficient (Wildman–Crippen LogP) is 7.37. The van der Waals surface area contributed by atoms with E-state index in [4.69, 9.17) is 23.7 Å². The number of nitrogens with zero attached hydrogens (tertiary/aromatic N) is 2. The first-order chi connectivity index (χ1) is 22.8. The van der Waals surface area contributed by atoms with Gasteiger partial charge in [-0.2, -0.15) is 0 Å². The van der Waals surface area contributed by atoms with Gasteiger partial charge in [0.1, 0.15) is 5.75 Å². The van der Waals surface area contributed by atoms with E-state index in [9.17, 15) is 5.11 Å². The van der Waals surface area contributed by atoms with Crippen molar-refractivity contribution in [3.8, 4) is 46.0 Å². The van der Waals surface area contributed by atoms with E-state index < -0.39 is 0 Å². The summed E-state index contributed by atoms with van der Waals surface area (Å²) in [6, 6.07) is 20.0. The lowest BCUT2D eigenvalue weighted by Crippen LogP contribution is -2.34. The maximum Gasteiger partial charge on any atom is 0.204 e. The van der Waals surface area contributed by atoms with Gasteiger partial charge in [-0.05, 0) is 116 Å². The maximum atomic E-state index is 10.6. The van der Waals surface area contributed by atoms with Crippen molar-refractivity contribution in [1.29, 1.82) is 0 Å². The predicted molar refractivity (Wildman–Crippen MR) is 184 cm³/mol. The largest absolute Gasteiger partial charge is 0.504 e. The highest BCUT2D eigenvalue weighted by Crippen LogP contribution is 2.51. The highest BCUT2D eigenvalue weighted by atomic mass is 16.5. The molecule has 4 aromatic carbocycles. The van der Waals surface area contributed by atoms with Gasteiger partial charge in [-0.1, -0.05) is 25.1 Å². The fourth-order valence-corrected chi connectivity index (χ4v) is 6.78. The van der Waals surface area contributed by atoms with Crippen LogP contribution in [0.4, 0.5) is 0 Å². The molecule has 2 heterocycles. The summed E-state index contributed by atoms with van der Waals surface area (Å²) in [4.78, 5) is 4.73. The lowest BCUT2D eigenvalue weighted by atomic mass is 9.87. The zero-order valence-electron chi connectivity index (χ0n) is 28.4. The minimum absolute atomic E-state index is 0.0125. The number of likely N-dealkylation sites (N-methyl/N-ethyl adjacent to an activating group) is 2. The number of hydrogen-bond acceptors (Lipinski definition) is 8. The molecule has 0 aromatic heterocycles. The molecule has 2 aliphatic heterocycles. The van der Waals surface area contributed by atoms with Crippen molar-refractivity contribution in [3.63, 3.8) is 0 Å². The fraction of sp³-hybridized carbons (Fsp3) is 0.385. The van der Waals surface area contributed by atoms with Gasteiger partial charge in [-0.25, -0.2) is 0 Å². The number of aromatic hydroxyl groups is 1. The molecule has 4 aromatic rings. The number of fused-ring (bicyclic) bond motifs is 2. The van der Waals surface area contributed by atoms with Gasteiger partial charge in [0, 0.05) is 31.2 Å². The van der Waals surface area contributed by atoms with Crippen molar-refractivity contribution < 1.29 is 28.8 Å². The molecule has 0 radical (unpaired) electrons. The van der Waals surface area contributed by atoms with Gasteiger partial charge in [0.2, 0.25) is 5.75 Å². The Labute approximate surface area is 278 Å². The SMILES string of the molecule is CCc1ccc(Oc2cccc(C[C@H]3c4c(cc(OC)c(OC)c4Oc4cc5c(cc4OC)CCN(C)CC5)CCN3C)c2)c(O)c1. The molecule has 0 saturated heterocycles. The summed E-state index contributed by atoms with van der Waals surface area (Å²) in [5.41, 5.74) is 6.99. The van der Waals surface area contributed by atoms with Crippen LogP contribution in [0.2, 0.25) is 0 Å². The summed E-state index contributed by atoms with van der Waals surface area (Å²) in [6.45, 7) is 4.96. The molecule has 47 heavy (non-hydrogen) atoms. The summed E-state index contributed by atoms with van der Waals surface area (Å²) in [7, 11) is 9.34. The molecule has 0 spiro atoms. The Bertz CT molecular complexity index is 1740. The number of aryl methyl sites for hydroxylation is 1. The van der Waals surface area contributed by atoms with Gasteiger partial charge in [0.25, 0.3) is 0 Å². The van der Waals surface area contributed by atoms with Crippen molar-refractivity contribution in [3.05, 3.63) is 94.0 Å². The summed E-state index contributed by atoms with van der Waals surface area (Å²) in [5.74, 6) is 4.47. The monoisotopic (exact) mass is 638 g/mol. The van der Waals surface area contributed by atoms with E-state index in [1.54, 1.807) is 27.4 Å². The number of ether oxygens (including phenoxy) is 5. The van der Waals surface area contributed by atoms with Crippen molar-refractivity contribution >= 4 is 0 Å². The molecule has 0 saturated carbocycles. The standard InChI is InChI=1S/C39H46N2O6/c1-7-25-11-12-33(32(42)21-25)46-30-10-8-9-26(19-30)20-31-37-29(15-18-41(31)3)24-36(44-5)38(45-6)39(37)47-35-23-28-14-17-40(2)16-13-27(28)22-34(35)43-4/h8-12,19,21-24,31,42H,7,13-18,20H2,1-6H3/t31-/m0/s1. The Hall–Kier alpha value is -4.40. The molecular weight excluding hydrogens is 592 g/mol. The third-order valence-corrected chi connectivity index (χ3v) is 9.56. The molecule has 2 aliphatic rings. The van der Waals surface area contributed by atoms with Crippen LogP contribution in [-0.4, -0.2) is 70.0 Å². The maximum absolute atomic E-state index is 10.6. The third kappa shape index (κ3) is 6.85. The molecule has 8 heteroatoms. The van der Waals surface area contributed by atoms with Crippen molar-refractivity contribution in [1.82, 2.24) is 9.80 Å². The van der Waals surface area contributed by atoms with Crippen LogP contribution >= 0.6 is 0 Å². The first-order valence-electron chi connectivity index (χ1n) is 16.4. The Balaban J connectivity index is 1.38. The summed E-state index contributed by atoms with van der Waals surface area (Å²) in [5, 5.41) is 10.6. The van der Waals surface area contributed by atoms with E-state index in [0.717, 1.165) is 62.0 Å². The second-order valence-electron chi connectivity index (χ2n) is 12.5. The first kappa shape index (κ1) is 32.5. The fourth-order valence-electron chi connectivity index (χ4n) is 6.78. The van der Waals surface area contributed by atoms with E-state index >= 15 is 0 Å². The lowest BCUT2D eigenvalue weighted by molar-refractivity contribution is 0.221. The van der Waals surface area contributed by atoms with Gasteiger partial charge in [0.05, 0.1) is 21.3 Å². The van der Waals surface area contributed by atoms with Crippen LogP contribution in [0.3, 0.4) is 0 Å². The van der Waals surface area contributed by atoms with E-state index in [1.165, 1.54) is 16.7 Å². The van der Waals surface area contributed by atoms with Crippen LogP contribution < -0.4 is 23.7 Å². The number of benzene rings is 4. The molecule has 0 amide bonds. The van der Waals surface area contributed by atoms with Gasteiger partial charge in [0.15, 0.2) is 34.5 Å². The van der Waals surface area contributed by atoms with Gasteiger partial charge < -0.3 is 33.7 Å². The molecule has 1 N–H and O–H groups in total. The highest BCUT2D eigenvalue weighted by Gasteiger charge is 2.33. The van der Waals surface area contributed by atoms with Crippen molar-refractivity contribution in [2.75, 3.05) is 55.1 Å². The minimum atomic E-state index is -0.0125. The van der Waals surface area contributed by atoms with E-state index in [2.05, 4.69) is 55.1 Å². The average Bonchev–Trinajstić information content (AvgIpc) is 3.26.